The van der Waals surface area contributed by atoms with E-state index in [0.29, 0.717) is 0 Å². The van der Waals surface area contributed by atoms with E-state index in [1.165, 1.54) is 5.56 Å². The number of anilines is 1. The lowest BCUT2D eigenvalue weighted by atomic mass is 10.0. The number of fused-ring (bicyclic) bond motifs is 1. The molecule has 0 radical (unpaired) electrons. The number of halogens is 1. The third-order valence-electron chi connectivity index (χ3n) is 3.23. The molecule has 0 spiro atoms. The van der Waals surface area contributed by atoms with Gasteiger partial charge in [0.25, 0.3) is 0 Å². The van der Waals surface area contributed by atoms with E-state index in [9.17, 15) is 0 Å². The molecule has 0 saturated carbocycles. The molecule has 0 unspecified atom stereocenters. The van der Waals surface area contributed by atoms with Crippen molar-refractivity contribution in [2.24, 2.45) is 0 Å². The van der Waals surface area contributed by atoms with Crippen LogP contribution in [0.15, 0.2) is 34.8 Å². The number of nitrogens with two attached hydrogens (primary N) is 1. The van der Waals surface area contributed by atoms with E-state index in [4.69, 9.17) is 5.73 Å². The third kappa shape index (κ3) is 2.12. The Labute approximate surface area is 120 Å². The Balaban J connectivity index is 2.24. The Morgan fingerprint density at radius 2 is 1.95 bits per heavy atom. The number of nitrogen functional groups attached to an aromatic ring is 1. The maximum Gasteiger partial charge on any atom is 0.140 e. The van der Waals surface area contributed by atoms with Crippen LogP contribution in [0.2, 0.25) is 0 Å². The number of aryl methyl sites for hydroxylation is 2. The van der Waals surface area contributed by atoms with Crippen LogP contribution in [0.1, 0.15) is 11.1 Å². The fourth-order valence-corrected chi connectivity index (χ4v) is 2.65. The molecule has 0 fully saturated rings. The summed E-state index contributed by atoms with van der Waals surface area (Å²) in [6, 6.07) is 10.1. The number of benzene rings is 2. The zero-order valence-corrected chi connectivity index (χ0v) is 12.4. The van der Waals surface area contributed by atoms with E-state index < -0.39 is 0 Å². The number of nitrogens with zero attached hydrogens (tertiary/aromatic N) is 1. The summed E-state index contributed by atoms with van der Waals surface area (Å²) in [5.41, 5.74) is 12.1. The molecule has 2 aromatic carbocycles. The zero-order chi connectivity index (χ0) is 13.6. The third-order valence-corrected chi connectivity index (χ3v) is 3.72. The highest BCUT2D eigenvalue weighted by Crippen LogP contribution is 2.30. The molecule has 0 aliphatic rings. The van der Waals surface area contributed by atoms with Gasteiger partial charge in [0, 0.05) is 15.7 Å². The molecule has 1 aromatic heterocycles. The second-order valence-electron chi connectivity index (χ2n) is 4.79. The van der Waals surface area contributed by atoms with Gasteiger partial charge in [-0.1, -0.05) is 22.0 Å². The lowest BCUT2D eigenvalue weighted by molar-refractivity contribution is 1.30. The summed E-state index contributed by atoms with van der Waals surface area (Å²) in [5, 5.41) is 0. The van der Waals surface area contributed by atoms with Crippen LogP contribution in [0, 0.1) is 13.8 Å². The molecule has 0 aliphatic carbocycles. The minimum atomic E-state index is 0.781. The number of aromatic nitrogens is 2. The Morgan fingerprint density at radius 3 is 2.74 bits per heavy atom. The number of hydrogen-bond donors (Lipinski definition) is 2. The molecule has 0 amide bonds. The van der Waals surface area contributed by atoms with Crippen LogP contribution in [0.3, 0.4) is 0 Å². The first-order valence-electron chi connectivity index (χ1n) is 6.07. The van der Waals surface area contributed by atoms with Gasteiger partial charge in [-0.25, -0.2) is 4.98 Å². The SMILES string of the molecule is Cc1cc(C)c(N)c(-c2nc3ccc(Br)cc3[nH]2)c1. The Bertz CT molecular complexity index is 774. The molecule has 3 N–H and O–H groups in total. The number of imidazole rings is 1. The molecule has 4 heteroatoms. The van der Waals surface area contributed by atoms with Crippen LogP contribution in [0.25, 0.3) is 22.4 Å². The fourth-order valence-electron chi connectivity index (χ4n) is 2.28. The highest BCUT2D eigenvalue weighted by Gasteiger charge is 2.10. The van der Waals surface area contributed by atoms with Gasteiger partial charge in [-0.15, -0.1) is 0 Å². The molecule has 1 heterocycles. The van der Waals surface area contributed by atoms with Crippen molar-refractivity contribution in [2.75, 3.05) is 5.73 Å². The second kappa shape index (κ2) is 4.38. The molecular formula is C15H14BrN3. The van der Waals surface area contributed by atoms with Crippen LogP contribution < -0.4 is 5.73 Å². The molecule has 0 saturated heterocycles. The Hall–Kier alpha value is -1.81. The van der Waals surface area contributed by atoms with Crippen LogP contribution in [0.5, 0.6) is 0 Å². The summed E-state index contributed by atoms with van der Waals surface area (Å²) >= 11 is 3.46. The minimum Gasteiger partial charge on any atom is -0.398 e. The first-order chi connectivity index (χ1) is 9.04. The number of aromatic amines is 1. The molecule has 3 rings (SSSR count). The van der Waals surface area contributed by atoms with E-state index >= 15 is 0 Å². The van der Waals surface area contributed by atoms with Gasteiger partial charge >= 0.3 is 0 Å². The van der Waals surface area contributed by atoms with Crippen molar-refractivity contribution in [1.29, 1.82) is 0 Å². The molecule has 0 aliphatic heterocycles. The van der Waals surface area contributed by atoms with Gasteiger partial charge in [0.15, 0.2) is 0 Å². The summed E-state index contributed by atoms with van der Waals surface area (Å²) in [4.78, 5) is 7.94. The number of hydrogen-bond acceptors (Lipinski definition) is 2. The van der Waals surface area contributed by atoms with E-state index in [0.717, 1.165) is 38.1 Å². The average Bonchev–Trinajstić information content (AvgIpc) is 2.76. The van der Waals surface area contributed by atoms with Crippen molar-refractivity contribution in [2.45, 2.75) is 13.8 Å². The van der Waals surface area contributed by atoms with Crippen LogP contribution >= 0.6 is 15.9 Å². The lowest BCUT2D eigenvalue weighted by Gasteiger charge is -2.07. The summed E-state index contributed by atoms with van der Waals surface area (Å²) < 4.78 is 1.03. The first-order valence-corrected chi connectivity index (χ1v) is 6.86. The average molecular weight is 316 g/mol. The van der Waals surface area contributed by atoms with Crippen LogP contribution in [-0.4, -0.2) is 9.97 Å². The first kappa shape index (κ1) is 12.2. The van der Waals surface area contributed by atoms with Crippen molar-refractivity contribution in [3.05, 3.63) is 45.9 Å². The number of rotatable bonds is 1. The van der Waals surface area contributed by atoms with Gasteiger partial charge in [0.1, 0.15) is 5.82 Å². The monoisotopic (exact) mass is 315 g/mol. The Kier molecular flexibility index (Phi) is 2.82. The van der Waals surface area contributed by atoms with Crippen molar-refractivity contribution in [3.8, 4) is 11.4 Å². The Morgan fingerprint density at radius 1 is 1.16 bits per heavy atom. The standard InChI is InChI=1S/C15H14BrN3/c1-8-5-9(2)14(17)11(6-8)15-18-12-4-3-10(16)7-13(12)19-15/h3-7H,17H2,1-2H3,(H,18,19). The largest absolute Gasteiger partial charge is 0.398 e. The van der Waals surface area contributed by atoms with Crippen molar-refractivity contribution >= 4 is 32.7 Å². The molecule has 19 heavy (non-hydrogen) atoms. The van der Waals surface area contributed by atoms with Gasteiger partial charge in [0.2, 0.25) is 0 Å². The van der Waals surface area contributed by atoms with E-state index in [2.05, 4.69) is 45.0 Å². The highest BCUT2D eigenvalue weighted by atomic mass is 79.9. The quantitative estimate of drug-likeness (QED) is 0.661. The molecule has 0 atom stereocenters. The number of H-pyrrole nitrogens is 1. The van der Waals surface area contributed by atoms with Crippen molar-refractivity contribution in [1.82, 2.24) is 9.97 Å². The smallest absolute Gasteiger partial charge is 0.140 e. The predicted octanol–water partition coefficient (Wildman–Crippen LogP) is 4.19. The van der Waals surface area contributed by atoms with Gasteiger partial charge in [-0.2, -0.15) is 0 Å². The summed E-state index contributed by atoms with van der Waals surface area (Å²) in [7, 11) is 0. The van der Waals surface area contributed by atoms with E-state index in [-0.39, 0.29) is 0 Å². The maximum absolute atomic E-state index is 6.17. The van der Waals surface area contributed by atoms with E-state index in [1.807, 2.05) is 25.1 Å². The molecule has 96 valence electrons. The molecule has 3 aromatic rings. The normalized spacial score (nSPS) is 11.1. The second-order valence-corrected chi connectivity index (χ2v) is 5.71. The topological polar surface area (TPSA) is 54.7 Å². The summed E-state index contributed by atoms with van der Waals surface area (Å²) in [6.07, 6.45) is 0. The summed E-state index contributed by atoms with van der Waals surface area (Å²) in [5.74, 6) is 0.817. The highest BCUT2D eigenvalue weighted by molar-refractivity contribution is 9.10. The molecule has 0 bridgehead atoms. The van der Waals surface area contributed by atoms with Crippen LogP contribution in [0.4, 0.5) is 5.69 Å². The maximum atomic E-state index is 6.17. The van der Waals surface area contributed by atoms with E-state index in [1.54, 1.807) is 0 Å². The predicted molar refractivity (Wildman–Crippen MR) is 83.1 cm³/mol. The zero-order valence-electron chi connectivity index (χ0n) is 10.8. The summed E-state index contributed by atoms with van der Waals surface area (Å²) in [6.45, 7) is 4.08. The van der Waals surface area contributed by atoms with Crippen molar-refractivity contribution in [3.63, 3.8) is 0 Å². The minimum absolute atomic E-state index is 0.781. The van der Waals surface area contributed by atoms with Gasteiger partial charge in [-0.05, 0) is 49.2 Å². The van der Waals surface area contributed by atoms with Gasteiger partial charge in [0.05, 0.1) is 11.0 Å². The van der Waals surface area contributed by atoms with Gasteiger partial charge in [-0.3, -0.25) is 0 Å². The van der Waals surface area contributed by atoms with Crippen molar-refractivity contribution < 1.29 is 0 Å². The fraction of sp³-hybridized carbons (Fsp3) is 0.133. The molecule has 3 nitrogen and oxygen atoms in total. The van der Waals surface area contributed by atoms with Crippen LogP contribution in [-0.2, 0) is 0 Å². The van der Waals surface area contributed by atoms with Gasteiger partial charge < -0.3 is 10.7 Å². The molecular weight excluding hydrogens is 302 g/mol. The lowest BCUT2D eigenvalue weighted by Crippen LogP contribution is -1.95. The number of nitrogens with one attached hydrogen (secondary N) is 1.